The van der Waals surface area contributed by atoms with E-state index in [9.17, 15) is 14.4 Å². The van der Waals surface area contributed by atoms with E-state index >= 15 is 0 Å². The highest BCUT2D eigenvalue weighted by molar-refractivity contribution is 5.98. The van der Waals surface area contributed by atoms with Crippen LogP contribution in [0, 0.1) is 5.92 Å². The first-order valence-electron chi connectivity index (χ1n) is 9.37. The first-order chi connectivity index (χ1) is 12.9. The van der Waals surface area contributed by atoms with Crippen molar-refractivity contribution in [2.24, 2.45) is 5.92 Å². The lowest BCUT2D eigenvalue weighted by Crippen LogP contribution is -2.46. The maximum atomic E-state index is 12.5. The summed E-state index contributed by atoms with van der Waals surface area (Å²) in [5.74, 6) is -0.190. The minimum absolute atomic E-state index is 0.0385. The average Bonchev–Trinajstić information content (AvgIpc) is 2.67. The van der Waals surface area contributed by atoms with Gasteiger partial charge in [0, 0.05) is 37.4 Å². The van der Waals surface area contributed by atoms with Crippen LogP contribution < -0.4 is 10.6 Å². The van der Waals surface area contributed by atoms with Crippen molar-refractivity contribution in [3.8, 4) is 0 Å². The summed E-state index contributed by atoms with van der Waals surface area (Å²) in [5.41, 5.74) is 0.618. The smallest absolute Gasteiger partial charge is 0.409 e. The normalized spacial score (nSPS) is 14.7. The van der Waals surface area contributed by atoms with Crippen LogP contribution in [0.2, 0.25) is 0 Å². The molecule has 148 valence electrons. The van der Waals surface area contributed by atoms with Crippen LogP contribution in [0.25, 0.3) is 0 Å². The molecule has 1 aromatic heterocycles. The quantitative estimate of drug-likeness (QED) is 0.789. The highest BCUT2D eigenvalue weighted by Gasteiger charge is 2.25. The number of hydrogen-bond acceptors (Lipinski definition) is 5. The molecule has 1 fully saturated rings. The predicted molar refractivity (Wildman–Crippen MR) is 100 cm³/mol. The Kier molecular flexibility index (Phi) is 7.57. The second-order valence-corrected chi connectivity index (χ2v) is 6.97. The molecule has 27 heavy (non-hydrogen) atoms. The van der Waals surface area contributed by atoms with Gasteiger partial charge < -0.3 is 20.3 Å². The first kappa shape index (κ1) is 20.7. The van der Waals surface area contributed by atoms with Crippen LogP contribution in [0.5, 0.6) is 0 Å². The Hall–Kier alpha value is -2.64. The number of likely N-dealkylation sites (tertiary alicyclic amines) is 1. The SMILES string of the molecule is CCOC(=O)N1CCC(NC(=O)c2cc(C(=O)NCC(C)C)ccn2)CC1. The molecular formula is C19H28N4O4. The standard InChI is InChI=1S/C19H28N4O4/c1-4-27-19(26)23-9-6-15(7-10-23)22-18(25)16-11-14(5-8-20-16)17(24)21-12-13(2)3/h5,8,11,13,15H,4,6-7,9-10,12H2,1-3H3,(H,21,24)(H,22,25). The molecule has 1 aromatic rings. The predicted octanol–water partition coefficient (Wildman–Crippen LogP) is 1.82. The number of nitrogens with one attached hydrogen (secondary N) is 2. The zero-order valence-electron chi connectivity index (χ0n) is 16.2. The number of amides is 3. The van der Waals surface area contributed by atoms with Gasteiger partial charge in [-0.15, -0.1) is 0 Å². The highest BCUT2D eigenvalue weighted by atomic mass is 16.6. The Balaban J connectivity index is 1.88. The number of carbonyl (C=O) groups is 3. The minimum Gasteiger partial charge on any atom is -0.450 e. The van der Waals surface area contributed by atoms with Gasteiger partial charge in [0.1, 0.15) is 5.69 Å². The van der Waals surface area contributed by atoms with Crippen molar-refractivity contribution in [1.29, 1.82) is 0 Å². The first-order valence-corrected chi connectivity index (χ1v) is 9.37. The van der Waals surface area contributed by atoms with Gasteiger partial charge in [0.2, 0.25) is 0 Å². The molecule has 0 spiro atoms. The van der Waals surface area contributed by atoms with Crippen LogP contribution in [0.15, 0.2) is 18.3 Å². The number of hydrogen-bond donors (Lipinski definition) is 2. The van der Waals surface area contributed by atoms with Gasteiger partial charge in [-0.1, -0.05) is 13.8 Å². The second-order valence-electron chi connectivity index (χ2n) is 6.97. The van der Waals surface area contributed by atoms with Crippen molar-refractivity contribution in [2.45, 2.75) is 39.7 Å². The van der Waals surface area contributed by atoms with E-state index in [0.717, 1.165) is 0 Å². The van der Waals surface area contributed by atoms with E-state index in [1.54, 1.807) is 17.9 Å². The van der Waals surface area contributed by atoms with Gasteiger partial charge in [0.15, 0.2) is 0 Å². The lowest BCUT2D eigenvalue weighted by Gasteiger charge is -2.31. The van der Waals surface area contributed by atoms with Crippen LogP contribution in [-0.2, 0) is 4.74 Å². The summed E-state index contributed by atoms with van der Waals surface area (Å²) < 4.78 is 4.99. The van der Waals surface area contributed by atoms with Gasteiger partial charge >= 0.3 is 6.09 Å². The molecule has 8 nitrogen and oxygen atoms in total. The van der Waals surface area contributed by atoms with Gasteiger partial charge in [0.25, 0.3) is 11.8 Å². The molecule has 0 radical (unpaired) electrons. The van der Waals surface area contributed by atoms with Crippen molar-refractivity contribution in [3.05, 3.63) is 29.6 Å². The van der Waals surface area contributed by atoms with Crippen molar-refractivity contribution < 1.29 is 19.1 Å². The van der Waals surface area contributed by atoms with E-state index < -0.39 is 0 Å². The topological polar surface area (TPSA) is 101 Å². The van der Waals surface area contributed by atoms with Crippen LogP contribution in [0.3, 0.4) is 0 Å². The molecule has 1 saturated heterocycles. The maximum Gasteiger partial charge on any atom is 0.409 e. The molecule has 2 N–H and O–H groups in total. The van der Waals surface area contributed by atoms with Crippen LogP contribution in [-0.4, -0.2) is 60.1 Å². The Morgan fingerprint density at radius 3 is 2.59 bits per heavy atom. The number of nitrogens with zero attached hydrogens (tertiary/aromatic N) is 2. The molecule has 0 saturated carbocycles. The highest BCUT2D eigenvalue weighted by Crippen LogP contribution is 2.12. The van der Waals surface area contributed by atoms with Crippen molar-refractivity contribution in [3.63, 3.8) is 0 Å². The third-order valence-corrected chi connectivity index (χ3v) is 4.28. The van der Waals surface area contributed by atoms with E-state index in [0.29, 0.717) is 50.6 Å². The summed E-state index contributed by atoms with van der Waals surface area (Å²) in [7, 11) is 0. The number of ether oxygens (including phenoxy) is 1. The third kappa shape index (κ3) is 6.23. The Labute approximate surface area is 159 Å². The zero-order valence-corrected chi connectivity index (χ0v) is 16.2. The Morgan fingerprint density at radius 1 is 1.26 bits per heavy atom. The molecule has 1 aliphatic heterocycles. The lowest BCUT2D eigenvalue weighted by atomic mass is 10.1. The van der Waals surface area contributed by atoms with Gasteiger partial charge in [-0.3, -0.25) is 14.6 Å². The molecule has 0 aromatic carbocycles. The fourth-order valence-corrected chi connectivity index (χ4v) is 2.78. The fraction of sp³-hybridized carbons (Fsp3) is 0.579. The minimum atomic E-state index is -0.317. The zero-order chi connectivity index (χ0) is 19.8. The maximum absolute atomic E-state index is 12.5. The van der Waals surface area contributed by atoms with Gasteiger partial charge in [-0.25, -0.2) is 4.79 Å². The van der Waals surface area contributed by atoms with Gasteiger partial charge in [0.05, 0.1) is 6.61 Å². The molecule has 3 amide bonds. The largest absolute Gasteiger partial charge is 0.450 e. The van der Waals surface area contributed by atoms with E-state index in [1.807, 2.05) is 13.8 Å². The van der Waals surface area contributed by atoms with Crippen molar-refractivity contribution >= 4 is 17.9 Å². The number of pyridine rings is 1. The Bertz CT molecular complexity index is 669. The van der Waals surface area contributed by atoms with Crippen molar-refractivity contribution in [1.82, 2.24) is 20.5 Å². The van der Waals surface area contributed by atoms with E-state index in [2.05, 4.69) is 15.6 Å². The van der Waals surface area contributed by atoms with Gasteiger partial charge in [-0.05, 0) is 37.8 Å². The average molecular weight is 376 g/mol. The molecule has 2 rings (SSSR count). The summed E-state index contributed by atoms with van der Waals surface area (Å²) >= 11 is 0. The summed E-state index contributed by atoms with van der Waals surface area (Å²) in [6.07, 6.45) is 2.45. The fourth-order valence-electron chi connectivity index (χ4n) is 2.78. The molecule has 2 heterocycles. The summed E-state index contributed by atoms with van der Waals surface area (Å²) in [6.45, 7) is 7.79. The van der Waals surface area contributed by atoms with E-state index in [-0.39, 0.29) is 29.6 Å². The van der Waals surface area contributed by atoms with Gasteiger partial charge in [-0.2, -0.15) is 0 Å². The summed E-state index contributed by atoms with van der Waals surface area (Å²) in [4.78, 5) is 42.0. The molecule has 8 heteroatoms. The third-order valence-electron chi connectivity index (χ3n) is 4.28. The van der Waals surface area contributed by atoms with Crippen molar-refractivity contribution in [2.75, 3.05) is 26.2 Å². The Morgan fingerprint density at radius 2 is 1.96 bits per heavy atom. The summed E-state index contributed by atoms with van der Waals surface area (Å²) in [5, 5.41) is 5.76. The molecule has 1 aliphatic rings. The molecule has 0 aliphatic carbocycles. The van der Waals surface area contributed by atoms with Crippen LogP contribution in [0.1, 0.15) is 54.5 Å². The molecule has 0 unspecified atom stereocenters. The number of carbonyl (C=O) groups excluding carboxylic acids is 3. The molecular weight excluding hydrogens is 348 g/mol. The van der Waals surface area contributed by atoms with E-state index in [4.69, 9.17) is 4.74 Å². The van der Waals surface area contributed by atoms with Crippen LogP contribution >= 0.6 is 0 Å². The monoisotopic (exact) mass is 376 g/mol. The molecule has 0 atom stereocenters. The molecule has 0 bridgehead atoms. The number of aromatic nitrogens is 1. The summed E-state index contributed by atoms with van der Waals surface area (Å²) in [6, 6.07) is 3.05. The number of piperidine rings is 1. The number of rotatable bonds is 6. The van der Waals surface area contributed by atoms with E-state index in [1.165, 1.54) is 12.3 Å². The van der Waals surface area contributed by atoms with Crippen LogP contribution in [0.4, 0.5) is 4.79 Å². The second kappa shape index (κ2) is 9.89. The lowest BCUT2D eigenvalue weighted by molar-refractivity contribution is 0.0856.